The van der Waals surface area contributed by atoms with Gasteiger partial charge in [0, 0.05) is 25.5 Å². The third-order valence-electron chi connectivity index (χ3n) is 2.23. The van der Waals surface area contributed by atoms with Gasteiger partial charge < -0.3 is 14.6 Å². The minimum atomic E-state index is -0.191. The molecular formula is C11H12N4O2. The van der Waals surface area contributed by atoms with Gasteiger partial charge in [-0.2, -0.15) is 0 Å². The minimum absolute atomic E-state index is 0.191. The van der Waals surface area contributed by atoms with Crippen molar-refractivity contribution in [3.05, 3.63) is 41.1 Å². The molecule has 2 aromatic rings. The van der Waals surface area contributed by atoms with Crippen molar-refractivity contribution >= 4 is 11.5 Å². The highest BCUT2D eigenvalue weighted by molar-refractivity contribution is 5.54. The van der Waals surface area contributed by atoms with Crippen LogP contribution in [0, 0.1) is 0 Å². The number of hydrogen-bond acceptors (Lipinski definition) is 5. The Balaban J connectivity index is 2.25. The van der Waals surface area contributed by atoms with Gasteiger partial charge in [-0.3, -0.25) is 4.79 Å². The van der Waals surface area contributed by atoms with Crippen molar-refractivity contribution in [2.24, 2.45) is 7.05 Å². The second kappa shape index (κ2) is 4.65. The highest BCUT2D eigenvalue weighted by Crippen LogP contribution is 2.13. The predicted octanol–water partition coefficient (Wildman–Crippen LogP) is 0.927. The van der Waals surface area contributed by atoms with Crippen molar-refractivity contribution in [3.63, 3.8) is 0 Å². The van der Waals surface area contributed by atoms with Crippen LogP contribution >= 0.6 is 0 Å². The number of nitrogens with zero attached hydrogens (tertiary/aromatic N) is 3. The molecule has 88 valence electrons. The summed E-state index contributed by atoms with van der Waals surface area (Å²) in [6, 6.07) is 3.47. The number of aryl methyl sites for hydroxylation is 1. The zero-order valence-electron chi connectivity index (χ0n) is 9.54. The normalized spacial score (nSPS) is 10.0. The molecule has 0 bridgehead atoms. The van der Waals surface area contributed by atoms with Crippen LogP contribution in [-0.4, -0.2) is 21.6 Å². The van der Waals surface area contributed by atoms with E-state index in [9.17, 15) is 4.79 Å². The van der Waals surface area contributed by atoms with Crippen LogP contribution < -0.4 is 15.6 Å². The molecule has 0 fully saturated rings. The number of rotatable bonds is 3. The zero-order valence-corrected chi connectivity index (χ0v) is 9.54. The average molecular weight is 232 g/mol. The molecule has 0 aliphatic heterocycles. The first-order valence-corrected chi connectivity index (χ1v) is 4.99. The quantitative estimate of drug-likeness (QED) is 0.852. The molecule has 2 rings (SSSR count). The number of aromatic nitrogens is 3. The maximum Gasteiger partial charge on any atom is 0.293 e. The molecule has 2 heterocycles. The van der Waals surface area contributed by atoms with E-state index in [1.807, 2.05) is 0 Å². The minimum Gasteiger partial charge on any atom is -0.481 e. The molecular weight excluding hydrogens is 220 g/mol. The number of nitrogens with one attached hydrogen (secondary N) is 1. The third kappa shape index (κ3) is 2.41. The topological polar surface area (TPSA) is 69.0 Å². The highest BCUT2D eigenvalue weighted by Gasteiger charge is 2.03. The molecule has 1 N–H and O–H groups in total. The van der Waals surface area contributed by atoms with Gasteiger partial charge in [0.05, 0.1) is 19.0 Å². The lowest BCUT2D eigenvalue weighted by atomic mass is 10.4. The maximum atomic E-state index is 11.7. The largest absolute Gasteiger partial charge is 0.481 e. The summed E-state index contributed by atoms with van der Waals surface area (Å²) in [6.45, 7) is 0. The van der Waals surface area contributed by atoms with E-state index in [-0.39, 0.29) is 11.4 Å². The van der Waals surface area contributed by atoms with Crippen molar-refractivity contribution in [1.29, 1.82) is 0 Å². The van der Waals surface area contributed by atoms with Gasteiger partial charge in [-0.15, -0.1) is 0 Å². The molecule has 0 unspecified atom stereocenters. The van der Waals surface area contributed by atoms with Crippen LogP contribution in [0.1, 0.15) is 0 Å². The first-order chi connectivity index (χ1) is 8.20. The summed E-state index contributed by atoms with van der Waals surface area (Å²) in [4.78, 5) is 19.7. The third-order valence-corrected chi connectivity index (χ3v) is 2.23. The van der Waals surface area contributed by atoms with E-state index in [0.29, 0.717) is 11.6 Å². The van der Waals surface area contributed by atoms with Gasteiger partial charge in [0.2, 0.25) is 5.88 Å². The molecule has 0 spiro atoms. The lowest BCUT2D eigenvalue weighted by molar-refractivity contribution is 0.398. The van der Waals surface area contributed by atoms with Crippen molar-refractivity contribution in [1.82, 2.24) is 14.5 Å². The van der Waals surface area contributed by atoms with E-state index in [1.54, 1.807) is 44.9 Å². The van der Waals surface area contributed by atoms with Crippen LogP contribution in [0.25, 0.3) is 0 Å². The lowest BCUT2D eigenvalue weighted by Gasteiger charge is -2.06. The van der Waals surface area contributed by atoms with E-state index in [4.69, 9.17) is 4.74 Å². The second-order valence-corrected chi connectivity index (χ2v) is 3.41. The first kappa shape index (κ1) is 11.1. The van der Waals surface area contributed by atoms with Crippen LogP contribution in [0.15, 0.2) is 35.5 Å². The number of anilines is 2. The smallest absolute Gasteiger partial charge is 0.293 e. The fourth-order valence-corrected chi connectivity index (χ4v) is 1.30. The summed E-state index contributed by atoms with van der Waals surface area (Å²) >= 11 is 0. The molecule has 17 heavy (non-hydrogen) atoms. The number of pyridine rings is 1. The monoisotopic (exact) mass is 232 g/mol. The summed E-state index contributed by atoms with van der Waals surface area (Å²) in [5.74, 6) is 0.784. The summed E-state index contributed by atoms with van der Waals surface area (Å²) in [5, 5.41) is 2.90. The van der Waals surface area contributed by atoms with E-state index in [0.717, 1.165) is 0 Å². The summed E-state index contributed by atoms with van der Waals surface area (Å²) in [6.07, 6.45) is 4.73. The standard InChI is InChI=1S/C11H12N4O2/c1-15-6-5-12-10(11(15)16)14-8-3-4-9(17-2)13-7-8/h3-7H,1-2H3,(H,12,14). The van der Waals surface area contributed by atoms with Crippen molar-refractivity contribution in [2.75, 3.05) is 12.4 Å². The van der Waals surface area contributed by atoms with Crippen molar-refractivity contribution in [3.8, 4) is 5.88 Å². The lowest BCUT2D eigenvalue weighted by Crippen LogP contribution is -2.20. The zero-order chi connectivity index (χ0) is 12.3. The van der Waals surface area contributed by atoms with E-state index < -0.39 is 0 Å². The molecule has 6 nitrogen and oxygen atoms in total. The van der Waals surface area contributed by atoms with Gasteiger partial charge in [0.15, 0.2) is 5.82 Å². The summed E-state index contributed by atoms with van der Waals surface area (Å²) in [7, 11) is 3.21. The Morgan fingerprint density at radius 2 is 2.18 bits per heavy atom. The summed E-state index contributed by atoms with van der Waals surface area (Å²) < 4.78 is 6.39. The average Bonchev–Trinajstić information content (AvgIpc) is 2.36. The van der Waals surface area contributed by atoms with Crippen LogP contribution in [0.3, 0.4) is 0 Å². The highest BCUT2D eigenvalue weighted by atomic mass is 16.5. The van der Waals surface area contributed by atoms with Crippen LogP contribution in [0.2, 0.25) is 0 Å². The molecule has 0 atom stereocenters. The molecule has 0 amide bonds. The fourth-order valence-electron chi connectivity index (χ4n) is 1.30. The van der Waals surface area contributed by atoms with E-state index >= 15 is 0 Å². The van der Waals surface area contributed by atoms with Gasteiger partial charge in [-0.05, 0) is 6.07 Å². The Labute approximate surface area is 97.9 Å². The molecule has 0 saturated carbocycles. The Bertz CT molecular complexity index is 562. The number of methoxy groups -OCH3 is 1. The van der Waals surface area contributed by atoms with Crippen molar-refractivity contribution in [2.45, 2.75) is 0 Å². The maximum absolute atomic E-state index is 11.7. The van der Waals surface area contributed by atoms with E-state index in [2.05, 4.69) is 15.3 Å². The predicted molar refractivity (Wildman–Crippen MR) is 63.5 cm³/mol. The Hall–Kier alpha value is -2.37. The molecule has 0 saturated heterocycles. The Morgan fingerprint density at radius 1 is 1.35 bits per heavy atom. The number of ether oxygens (including phenoxy) is 1. The van der Waals surface area contributed by atoms with Gasteiger partial charge in [0.25, 0.3) is 5.56 Å². The molecule has 0 radical (unpaired) electrons. The van der Waals surface area contributed by atoms with Crippen LogP contribution in [0.5, 0.6) is 5.88 Å². The Morgan fingerprint density at radius 3 is 2.82 bits per heavy atom. The molecule has 2 aromatic heterocycles. The van der Waals surface area contributed by atoms with Gasteiger partial charge in [0.1, 0.15) is 0 Å². The first-order valence-electron chi connectivity index (χ1n) is 4.99. The molecule has 0 aromatic carbocycles. The second-order valence-electron chi connectivity index (χ2n) is 3.41. The van der Waals surface area contributed by atoms with Gasteiger partial charge in [-0.25, -0.2) is 9.97 Å². The van der Waals surface area contributed by atoms with E-state index in [1.165, 1.54) is 4.57 Å². The SMILES string of the molecule is COc1ccc(Nc2nccn(C)c2=O)cn1. The number of hydrogen-bond donors (Lipinski definition) is 1. The fraction of sp³-hybridized carbons (Fsp3) is 0.182. The van der Waals surface area contributed by atoms with Gasteiger partial charge in [-0.1, -0.05) is 0 Å². The molecule has 0 aliphatic carbocycles. The van der Waals surface area contributed by atoms with Crippen molar-refractivity contribution < 1.29 is 4.74 Å². The van der Waals surface area contributed by atoms with Crippen LogP contribution in [0.4, 0.5) is 11.5 Å². The summed E-state index contributed by atoms with van der Waals surface area (Å²) in [5.41, 5.74) is 0.491. The van der Waals surface area contributed by atoms with Crippen LogP contribution in [-0.2, 0) is 7.05 Å². The van der Waals surface area contributed by atoms with Gasteiger partial charge >= 0.3 is 0 Å². The molecule has 0 aliphatic rings. The Kier molecular flexibility index (Phi) is 3.04. The molecule has 6 heteroatoms.